The maximum absolute atomic E-state index is 12.3. The number of rotatable bonds is 52. The van der Waals surface area contributed by atoms with E-state index in [0.717, 1.165) is 32.1 Å². The molecule has 1 atom stereocenters. The van der Waals surface area contributed by atoms with Gasteiger partial charge in [0, 0.05) is 12.8 Å². The minimum Gasteiger partial charge on any atom is -0.462 e. The number of aliphatic hydroxyl groups is 1. The molecular formula is C55H108O5. The standard InChI is InChI=1S/C55H108O5/c1-3-5-7-9-11-13-15-17-19-21-22-23-24-25-26-27-28-29-30-31-32-34-36-38-40-42-44-46-48-50-55(58)60-53(51-56)52-59-54(57)49-47-45-43-41-39-37-35-33-20-18-16-14-12-10-8-6-4-2/h53,56H,3-52H2,1-2H3. The lowest BCUT2D eigenvalue weighted by Crippen LogP contribution is -2.28. The van der Waals surface area contributed by atoms with Crippen molar-refractivity contribution in [2.45, 2.75) is 328 Å². The molecule has 0 aromatic heterocycles. The Labute approximate surface area is 376 Å². The Hall–Kier alpha value is -1.10. The zero-order valence-electron chi connectivity index (χ0n) is 41.0. The van der Waals surface area contributed by atoms with Crippen molar-refractivity contribution in [1.82, 2.24) is 0 Å². The molecule has 0 bridgehead atoms. The first kappa shape index (κ1) is 58.9. The van der Waals surface area contributed by atoms with Crippen LogP contribution in [0.4, 0.5) is 0 Å². The van der Waals surface area contributed by atoms with E-state index in [-0.39, 0.29) is 25.2 Å². The van der Waals surface area contributed by atoms with Gasteiger partial charge in [-0.15, -0.1) is 0 Å². The first-order chi connectivity index (χ1) is 29.6. The molecule has 0 saturated carbocycles. The fourth-order valence-corrected chi connectivity index (χ4v) is 8.74. The Morgan fingerprint density at radius 2 is 0.517 bits per heavy atom. The molecule has 0 spiro atoms. The summed E-state index contributed by atoms with van der Waals surface area (Å²) in [6.07, 6.45) is 62.2. The van der Waals surface area contributed by atoms with Crippen molar-refractivity contribution >= 4 is 11.9 Å². The van der Waals surface area contributed by atoms with Crippen molar-refractivity contribution < 1.29 is 24.2 Å². The summed E-state index contributed by atoms with van der Waals surface area (Å²) in [5.74, 6) is -0.565. The number of hydrogen-bond donors (Lipinski definition) is 1. The van der Waals surface area contributed by atoms with Gasteiger partial charge in [0.05, 0.1) is 6.61 Å². The number of carbonyl (C=O) groups excluding carboxylic acids is 2. The molecule has 0 radical (unpaired) electrons. The van der Waals surface area contributed by atoms with Crippen LogP contribution >= 0.6 is 0 Å². The van der Waals surface area contributed by atoms with Crippen LogP contribution in [0.15, 0.2) is 0 Å². The van der Waals surface area contributed by atoms with Gasteiger partial charge in [0.1, 0.15) is 6.61 Å². The molecule has 0 saturated heterocycles. The van der Waals surface area contributed by atoms with Gasteiger partial charge in [-0.25, -0.2) is 0 Å². The molecule has 0 aromatic carbocycles. The van der Waals surface area contributed by atoms with Crippen LogP contribution < -0.4 is 0 Å². The zero-order valence-corrected chi connectivity index (χ0v) is 41.0. The molecule has 60 heavy (non-hydrogen) atoms. The Balaban J connectivity index is 3.38. The largest absolute Gasteiger partial charge is 0.462 e. The fraction of sp³-hybridized carbons (Fsp3) is 0.964. The molecule has 0 aliphatic carbocycles. The molecule has 1 N–H and O–H groups in total. The summed E-state index contributed by atoms with van der Waals surface area (Å²) in [6, 6.07) is 0. The van der Waals surface area contributed by atoms with Crippen molar-refractivity contribution in [3.8, 4) is 0 Å². The average Bonchev–Trinajstić information content (AvgIpc) is 3.25. The highest BCUT2D eigenvalue weighted by Crippen LogP contribution is 2.18. The van der Waals surface area contributed by atoms with Crippen LogP contribution in [0.3, 0.4) is 0 Å². The summed E-state index contributed by atoms with van der Waals surface area (Å²) in [6.45, 7) is 4.20. The zero-order chi connectivity index (χ0) is 43.5. The molecule has 0 rings (SSSR count). The second kappa shape index (κ2) is 52.2. The lowest BCUT2D eigenvalue weighted by Gasteiger charge is -2.15. The quantitative estimate of drug-likeness (QED) is 0.0488. The van der Waals surface area contributed by atoms with Gasteiger partial charge in [0.25, 0.3) is 0 Å². The van der Waals surface area contributed by atoms with Crippen LogP contribution in [0, 0.1) is 0 Å². The van der Waals surface area contributed by atoms with E-state index >= 15 is 0 Å². The molecule has 0 amide bonds. The van der Waals surface area contributed by atoms with E-state index in [1.54, 1.807) is 0 Å². The average molecular weight is 849 g/mol. The lowest BCUT2D eigenvalue weighted by molar-refractivity contribution is -0.161. The number of esters is 2. The topological polar surface area (TPSA) is 72.8 Å². The fourth-order valence-electron chi connectivity index (χ4n) is 8.74. The Kier molecular flexibility index (Phi) is 51.3. The summed E-state index contributed by atoms with van der Waals surface area (Å²) in [7, 11) is 0. The number of unbranched alkanes of at least 4 members (excludes halogenated alkanes) is 44. The second-order valence-electron chi connectivity index (χ2n) is 19.0. The van der Waals surface area contributed by atoms with Gasteiger partial charge in [0.15, 0.2) is 6.10 Å². The van der Waals surface area contributed by atoms with E-state index < -0.39 is 6.10 Å². The smallest absolute Gasteiger partial charge is 0.306 e. The van der Waals surface area contributed by atoms with E-state index in [1.165, 1.54) is 263 Å². The molecule has 0 aromatic rings. The molecule has 0 aliphatic heterocycles. The minimum atomic E-state index is -0.763. The highest BCUT2D eigenvalue weighted by molar-refractivity contribution is 5.70. The van der Waals surface area contributed by atoms with Gasteiger partial charge in [-0.05, 0) is 12.8 Å². The summed E-state index contributed by atoms with van der Waals surface area (Å²) >= 11 is 0. The van der Waals surface area contributed by atoms with Gasteiger partial charge in [-0.3, -0.25) is 9.59 Å². The number of carbonyl (C=O) groups is 2. The van der Waals surface area contributed by atoms with Crippen molar-refractivity contribution in [3.63, 3.8) is 0 Å². The van der Waals surface area contributed by atoms with Crippen LogP contribution in [-0.4, -0.2) is 36.4 Å². The lowest BCUT2D eigenvalue weighted by atomic mass is 10.0. The molecule has 358 valence electrons. The van der Waals surface area contributed by atoms with Crippen molar-refractivity contribution in [3.05, 3.63) is 0 Å². The van der Waals surface area contributed by atoms with Crippen molar-refractivity contribution in [2.24, 2.45) is 0 Å². The van der Waals surface area contributed by atoms with Crippen LogP contribution in [0.5, 0.6) is 0 Å². The SMILES string of the molecule is CCCCCCCCCCCCCCCCCCCCCCCCCCCCCCCC(=O)OC(CO)COC(=O)CCCCCCCCCCCCCCCCCCC. The van der Waals surface area contributed by atoms with E-state index in [4.69, 9.17) is 9.47 Å². The minimum absolute atomic E-state index is 0.0559. The highest BCUT2D eigenvalue weighted by atomic mass is 16.6. The summed E-state index contributed by atoms with van der Waals surface area (Å²) in [4.78, 5) is 24.5. The summed E-state index contributed by atoms with van der Waals surface area (Å²) in [5, 5.41) is 9.63. The molecule has 5 heteroatoms. The molecule has 0 aliphatic rings. The molecule has 1 unspecified atom stereocenters. The molecule has 0 heterocycles. The van der Waals surface area contributed by atoms with Gasteiger partial charge in [-0.1, -0.05) is 296 Å². The second-order valence-corrected chi connectivity index (χ2v) is 19.0. The van der Waals surface area contributed by atoms with E-state index in [2.05, 4.69) is 13.8 Å². The first-order valence-electron chi connectivity index (χ1n) is 27.6. The van der Waals surface area contributed by atoms with E-state index in [0.29, 0.717) is 12.8 Å². The molecular weight excluding hydrogens is 741 g/mol. The Morgan fingerprint density at radius 1 is 0.317 bits per heavy atom. The number of ether oxygens (including phenoxy) is 2. The number of aliphatic hydroxyl groups excluding tert-OH is 1. The van der Waals surface area contributed by atoms with Crippen LogP contribution in [-0.2, 0) is 19.1 Å². The van der Waals surface area contributed by atoms with Crippen LogP contribution in [0.25, 0.3) is 0 Å². The van der Waals surface area contributed by atoms with Gasteiger partial charge in [-0.2, -0.15) is 0 Å². The first-order valence-corrected chi connectivity index (χ1v) is 27.6. The third-order valence-corrected chi connectivity index (χ3v) is 12.9. The monoisotopic (exact) mass is 849 g/mol. The third kappa shape index (κ3) is 49.6. The van der Waals surface area contributed by atoms with Gasteiger partial charge in [0.2, 0.25) is 0 Å². The Bertz CT molecular complexity index is 830. The van der Waals surface area contributed by atoms with Gasteiger partial charge < -0.3 is 14.6 Å². The predicted octanol–water partition coefficient (Wildman–Crippen LogP) is 18.2. The number of hydrogen-bond acceptors (Lipinski definition) is 5. The van der Waals surface area contributed by atoms with Crippen molar-refractivity contribution in [1.29, 1.82) is 0 Å². The Morgan fingerprint density at radius 3 is 0.733 bits per heavy atom. The third-order valence-electron chi connectivity index (χ3n) is 12.9. The summed E-state index contributed by atoms with van der Waals surface area (Å²) in [5.41, 5.74) is 0. The van der Waals surface area contributed by atoms with E-state index in [9.17, 15) is 14.7 Å². The summed E-state index contributed by atoms with van der Waals surface area (Å²) < 4.78 is 10.7. The predicted molar refractivity (Wildman–Crippen MR) is 261 cm³/mol. The highest BCUT2D eigenvalue weighted by Gasteiger charge is 2.16. The van der Waals surface area contributed by atoms with E-state index in [1.807, 2.05) is 0 Å². The van der Waals surface area contributed by atoms with Crippen molar-refractivity contribution in [2.75, 3.05) is 13.2 Å². The van der Waals surface area contributed by atoms with Crippen LogP contribution in [0.2, 0.25) is 0 Å². The van der Waals surface area contributed by atoms with Gasteiger partial charge >= 0.3 is 11.9 Å². The maximum Gasteiger partial charge on any atom is 0.306 e. The molecule has 0 fully saturated rings. The maximum atomic E-state index is 12.3. The normalized spacial score (nSPS) is 12.0. The van der Waals surface area contributed by atoms with Crippen LogP contribution in [0.1, 0.15) is 322 Å². The molecule has 5 nitrogen and oxygen atoms in total.